The Morgan fingerprint density at radius 2 is 2.10 bits per heavy atom. The van der Waals surface area contributed by atoms with Gasteiger partial charge in [-0.1, -0.05) is 13.8 Å². The van der Waals surface area contributed by atoms with Gasteiger partial charge in [-0.3, -0.25) is 4.90 Å². The third-order valence-corrected chi connectivity index (χ3v) is 5.40. The summed E-state index contributed by atoms with van der Waals surface area (Å²) in [4.78, 5) is 12.6. The third kappa shape index (κ3) is 2.90. The van der Waals surface area contributed by atoms with Gasteiger partial charge in [0, 0.05) is 23.6 Å². The van der Waals surface area contributed by atoms with E-state index in [2.05, 4.69) is 45.9 Å². The standard InChI is InChI=1S/C13H19N5S2/c1-8-5-18(6-9(2)20-8)7-11-15-12(17-14)10-3-4-19-13(10)16-11/h3-4,8-9H,5-7,14H2,1-2H3,(H,15,16,17). The zero-order valence-electron chi connectivity index (χ0n) is 11.7. The van der Waals surface area contributed by atoms with Gasteiger partial charge in [-0.25, -0.2) is 15.8 Å². The van der Waals surface area contributed by atoms with Gasteiger partial charge in [0.15, 0.2) is 5.82 Å². The van der Waals surface area contributed by atoms with Gasteiger partial charge in [-0.15, -0.1) is 11.3 Å². The Morgan fingerprint density at radius 1 is 1.35 bits per heavy atom. The molecule has 0 amide bonds. The molecule has 1 aliphatic rings. The third-order valence-electron chi connectivity index (χ3n) is 3.37. The molecule has 20 heavy (non-hydrogen) atoms. The number of aromatic nitrogens is 2. The summed E-state index contributed by atoms with van der Waals surface area (Å²) in [5, 5.41) is 4.34. The smallest absolute Gasteiger partial charge is 0.152 e. The van der Waals surface area contributed by atoms with E-state index in [0.29, 0.717) is 10.5 Å². The van der Waals surface area contributed by atoms with Gasteiger partial charge in [0.25, 0.3) is 0 Å². The summed E-state index contributed by atoms with van der Waals surface area (Å²) in [5.41, 5.74) is 2.68. The molecule has 1 aliphatic heterocycles. The summed E-state index contributed by atoms with van der Waals surface area (Å²) >= 11 is 3.68. The van der Waals surface area contributed by atoms with E-state index in [-0.39, 0.29) is 0 Å². The second-order valence-electron chi connectivity index (χ2n) is 5.22. The molecule has 0 aliphatic carbocycles. The van der Waals surface area contributed by atoms with Crippen LogP contribution in [0.15, 0.2) is 11.4 Å². The summed E-state index contributed by atoms with van der Waals surface area (Å²) < 4.78 is 0. The van der Waals surface area contributed by atoms with Crippen LogP contribution in [0, 0.1) is 0 Å². The van der Waals surface area contributed by atoms with Crippen molar-refractivity contribution in [3.8, 4) is 0 Å². The molecule has 0 spiro atoms. The number of thioether (sulfide) groups is 1. The number of anilines is 1. The molecule has 1 saturated heterocycles. The first-order valence-electron chi connectivity index (χ1n) is 6.74. The summed E-state index contributed by atoms with van der Waals surface area (Å²) in [6, 6.07) is 2.00. The Labute approximate surface area is 126 Å². The highest BCUT2D eigenvalue weighted by Gasteiger charge is 2.23. The molecule has 2 unspecified atom stereocenters. The second kappa shape index (κ2) is 5.85. The minimum atomic E-state index is 0.663. The molecule has 2 aromatic heterocycles. The van der Waals surface area contributed by atoms with E-state index in [4.69, 9.17) is 5.84 Å². The van der Waals surface area contributed by atoms with E-state index < -0.39 is 0 Å². The predicted molar refractivity (Wildman–Crippen MR) is 87.0 cm³/mol. The summed E-state index contributed by atoms with van der Waals surface area (Å²) in [6.07, 6.45) is 0. The Bertz CT molecular complexity index is 589. The van der Waals surface area contributed by atoms with E-state index in [9.17, 15) is 0 Å². The van der Waals surface area contributed by atoms with E-state index in [1.165, 1.54) is 0 Å². The largest absolute Gasteiger partial charge is 0.308 e. The molecule has 108 valence electrons. The Morgan fingerprint density at radius 3 is 2.80 bits per heavy atom. The Hall–Kier alpha value is -0.890. The van der Waals surface area contributed by atoms with Gasteiger partial charge in [-0.05, 0) is 11.4 Å². The van der Waals surface area contributed by atoms with Gasteiger partial charge in [0.1, 0.15) is 10.7 Å². The SMILES string of the molecule is CC1CN(Cc2nc(NN)c3ccsc3n2)CC(C)S1. The zero-order valence-corrected chi connectivity index (χ0v) is 13.3. The predicted octanol–water partition coefficient (Wildman–Crippen LogP) is 2.30. The van der Waals surface area contributed by atoms with E-state index >= 15 is 0 Å². The Kier molecular flexibility index (Phi) is 4.11. The van der Waals surface area contributed by atoms with Crippen molar-refractivity contribution in [1.82, 2.24) is 14.9 Å². The number of hydrogen-bond donors (Lipinski definition) is 2. The lowest BCUT2D eigenvalue weighted by atomic mass is 10.3. The molecule has 7 heteroatoms. The summed E-state index contributed by atoms with van der Waals surface area (Å²) in [6.45, 7) is 7.53. The first kappa shape index (κ1) is 14.1. The van der Waals surface area contributed by atoms with E-state index in [1.807, 2.05) is 11.4 Å². The lowest BCUT2D eigenvalue weighted by Crippen LogP contribution is -2.40. The molecule has 0 bridgehead atoms. The van der Waals surface area contributed by atoms with Crippen LogP contribution < -0.4 is 11.3 Å². The molecular weight excluding hydrogens is 290 g/mol. The topological polar surface area (TPSA) is 67.1 Å². The van der Waals surface area contributed by atoms with Crippen molar-refractivity contribution >= 4 is 39.1 Å². The number of hydrazine groups is 1. The lowest BCUT2D eigenvalue weighted by Gasteiger charge is -2.34. The highest BCUT2D eigenvalue weighted by atomic mass is 32.2. The van der Waals surface area contributed by atoms with Crippen LogP contribution in [0.5, 0.6) is 0 Å². The number of nitrogen functional groups attached to an aromatic ring is 1. The van der Waals surface area contributed by atoms with Crippen LogP contribution in [0.3, 0.4) is 0 Å². The molecule has 3 N–H and O–H groups in total. The fourth-order valence-corrected chi connectivity index (χ4v) is 4.86. The normalized spacial score (nSPS) is 24.1. The molecule has 3 heterocycles. The van der Waals surface area contributed by atoms with E-state index in [0.717, 1.165) is 41.5 Å². The maximum Gasteiger partial charge on any atom is 0.152 e. The molecule has 2 aromatic rings. The van der Waals surface area contributed by atoms with Crippen LogP contribution in [0.4, 0.5) is 5.82 Å². The van der Waals surface area contributed by atoms with Crippen molar-refractivity contribution in [2.24, 2.45) is 5.84 Å². The molecule has 5 nitrogen and oxygen atoms in total. The minimum Gasteiger partial charge on any atom is -0.308 e. The number of nitrogens with one attached hydrogen (secondary N) is 1. The number of thiophene rings is 1. The molecule has 1 fully saturated rings. The van der Waals surface area contributed by atoms with Gasteiger partial charge in [-0.2, -0.15) is 11.8 Å². The van der Waals surface area contributed by atoms with Crippen LogP contribution in [0.25, 0.3) is 10.2 Å². The molecular formula is C13H19N5S2. The monoisotopic (exact) mass is 309 g/mol. The first-order chi connectivity index (χ1) is 9.65. The van der Waals surface area contributed by atoms with Crippen LogP contribution in [-0.2, 0) is 6.54 Å². The second-order valence-corrected chi connectivity index (χ2v) is 8.00. The zero-order chi connectivity index (χ0) is 14.1. The van der Waals surface area contributed by atoms with Crippen molar-refractivity contribution in [3.63, 3.8) is 0 Å². The van der Waals surface area contributed by atoms with Crippen LogP contribution in [0.2, 0.25) is 0 Å². The molecule has 3 rings (SSSR count). The molecule has 0 radical (unpaired) electrons. The van der Waals surface area contributed by atoms with Gasteiger partial charge in [0.05, 0.1) is 11.9 Å². The Balaban J connectivity index is 1.83. The highest BCUT2D eigenvalue weighted by molar-refractivity contribution is 8.00. The quantitative estimate of drug-likeness (QED) is 0.670. The lowest BCUT2D eigenvalue weighted by molar-refractivity contribution is 0.257. The van der Waals surface area contributed by atoms with Crippen molar-refractivity contribution in [2.45, 2.75) is 30.9 Å². The molecule has 2 atom stereocenters. The maximum atomic E-state index is 5.57. The molecule has 0 aromatic carbocycles. The van der Waals surface area contributed by atoms with Crippen LogP contribution in [-0.4, -0.2) is 38.5 Å². The number of nitrogens with two attached hydrogens (primary N) is 1. The van der Waals surface area contributed by atoms with Gasteiger partial charge >= 0.3 is 0 Å². The van der Waals surface area contributed by atoms with Gasteiger partial charge in [0.2, 0.25) is 0 Å². The molecule has 0 saturated carbocycles. The van der Waals surface area contributed by atoms with Crippen molar-refractivity contribution in [1.29, 1.82) is 0 Å². The van der Waals surface area contributed by atoms with Crippen molar-refractivity contribution in [2.75, 3.05) is 18.5 Å². The fraction of sp³-hybridized carbons (Fsp3) is 0.538. The average Bonchev–Trinajstić information content (AvgIpc) is 2.84. The maximum absolute atomic E-state index is 5.57. The number of hydrogen-bond acceptors (Lipinski definition) is 7. The summed E-state index contributed by atoms with van der Waals surface area (Å²) in [5.74, 6) is 7.14. The van der Waals surface area contributed by atoms with Crippen LogP contribution >= 0.6 is 23.1 Å². The average molecular weight is 309 g/mol. The highest BCUT2D eigenvalue weighted by Crippen LogP contribution is 2.27. The fourth-order valence-electron chi connectivity index (χ4n) is 2.69. The van der Waals surface area contributed by atoms with Crippen LogP contribution in [0.1, 0.15) is 19.7 Å². The summed E-state index contributed by atoms with van der Waals surface area (Å²) in [7, 11) is 0. The van der Waals surface area contributed by atoms with Crippen molar-refractivity contribution < 1.29 is 0 Å². The van der Waals surface area contributed by atoms with E-state index in [1.54, 1.807) is 11.3 Å². The van der Waals surface area contributed by atoms with Gasteiger partial charge < -0.3 is 5.43 Å². The minimum absolute atomic E-state index is 0.663. The number of rotatable bonds is 3. The first-order valence-corrected chi connectivity index (χ1v) is 8.56. The number of nitrogens with zero attached hydrogens (tertiary/aromatic N) is 3. The number of fused-ring (bicyclic) bond motifs is 1. The van der Waals surface area contributed by atoms with Crippen molar-refractivity contribution in [3.05, 3.63) is 17.3 Å².